The van der Waals surface area contributed by atoms with Crippen LogP contribution < -0.4 is 5.32 Å². The first-order valence-corrected chi connectivity index (χ1v) is 4.96. The summed E-state index contributed by atoms with van der Waals surface area (Å²) in [5.41, 5.74) is -1.49. The van der Waals surface area contributed by atoms with Crippen molar-refractivity contribution in [1.29, 1.82) is 0 Å². The van der Waals surface area contributed by atoms with E-state index in [0.717, 1.165) is 0 Å². The maximum Gasteiger partial charge on any atom is 0.407 e. The maximum absolute atomic E-state index is 11.2. The maximum atomic E-state index is 11.2. The lowest BCUT2D eigenvalue weighted by molar-refractivity contribution is 0.0343. The molecule has 0 aromatic heterocycles. The highest BCUT2D eigenvalue weighted by Crippen LogP contribution is 2.09. The standard InChI is InChI=1S/C11H21NO3/c1-6-7-11(5,14)8-12-9(13)15-10(2,3)4/h6,14H,1,7-8H2,2-5H3,(H,12,13). The average molecular weight is 215 g/mol. The molecule has 0 rings (SSSR count). The molecule has 1 unspecified atom stereocenters. The number of alkyl carbamates (subject to hydrolysis) is 1. The van der Waals surface area contributed by atoms with E-state index in [1.54, 1.807) is 33.8 Å². The number of carbonyl (C=O) groups excluding carboxylic acids is 1. The number of aliphatic hydroxyl groups is 1. The summed E-state index contributed by atoms with van der Waals surface area (Å²) in [6.45, 7) is 10.7. The summed E-state index contributed by atoms with van der Waals surface area (Å²) in [6, 6.07) is 0. The topological polar surface area (TPSA) is 58.6 Å². The van der Waals surface area contributed by atoms with E-state index in [1.807, 2.05) is 0 Å². The van der Waals surface area contributed by atoms with E-state index >= 15 is 0 Å². The molecule has 0 saturated carbocycles. The fourth-order valence-electron chi connectivity index (χ4n) is 0.960. The molecule has 0 aliphatic rings. The second-order valence-electron chi connectivity index (χ2n) is 4.85. The Kier molecular flexibility index (Phi) is 4.81. The quantitative estimate of drug-likeness (QED) is 0.703. The summed E-state index contributed by atoms with van der Waals surface area (Å²) < 4.78 is 5.02. The van der Waals surface area contributed by atoms with Gasteiger partial charge in [0.25, 0.3) is 0 Å². The van der Waals surface area contributed by atoms with E-state index < -0.39 is 17.3 Å². The van der Waals surface area contributed by atoms with Crippen LogP contribution in [0.3, 0.4) is 0 Å². The van der Waals surface area contributed by atoms with Crippen LogP contribution in [0.4, 0.5) is 4.79 Å². The molecule has 1 atom stereocenters. The molecule has 0 saturated heterocycles. The molecule has 0 fully saturated rings. The zero-order chi connectivity index (χ0) is 12.1. The van der Waals surface area contributed by atoms with Crippen LogP contribution in [-0.4, -0.2) is 28.9 Å². The van der Waals surface area contributed by atoms with Gasteiger partial charge in [0.15, 0.2) is 0 Å². The van der Waals surface area contributed by atoms with Gasteiger partial charge < -0.3 is 15.2 Å². The second kappa shape index (κ2) is 5.16. The molecule has 4 heteroatoms. The smallest absolute Gasteiger partial charge is 0.407 e. The lowest BCUT2D eigenvalue weighted by Crippen LogP contribution is -2.42. The van der Waals surface area contributed by atoms with Gasteiger partial charge in [-0.25, -0.2) is 4.79 Å². The normalized spacial score (nSPS) is 15.3. The lowest BCUT2D eigenvalue weighted by atomic mass is 10.0. The third-order valence-electron chi connectivity index (χ3n) is 1.60. The van der Waals surface area contributed by atoms with Crippen LogP contribution in [0.25, 0.3) is 0 Å². The minimum absolute atomic E-state index is 0.147. The van der Waals surface area contributed by atoms with E-state index in [2.05, 4.69) is 11.9 Å². The van der Waals surface area contributed by atoms with Crippen LogP contribution in [0.1, 0.15) is 34.1 Å². The highest BCUT2D eigenvalue weighted by atomic mass is 16.6. The fraction of sp³-hybridized carbons (Fsp3) is 0.727. The predicted molar refractivity (Wildman–Crippen MR) is 59.7 cm³/mol. The molecule has 15 heavy (non-hydrogen) atoms. The van der Waals surface area contributed by atoms with Crippen molar-refractivity contribution in [2.45, 2.75) is 45.3 Å². The van der Waals surface area contributed by atoms with E-state index in [4.69, 9.17) is 4.74 Å². The number of ether oxygens (including phenoxy) is 1. The van der Waals surface area contributed by atoms with Crippen LogP contribution in [0.15, 0.2) is 12.7 Å². The Morgan fingerprint density at radius 2 is 2.00 bits per heavy atom. The van der Waals surface area contributed by atoms with Gasteiger partial charge in [-0.1, -0.05) is 6.08 Å². The van der Waals surface area contributed by atoms with Gasteiger partial charge in [0.2, 0.25) is 0 Å². The molecule has 0 heterocycles. The molecule has 0 radical (unpaired) electrons. The third kappa shape index (κ3) is 8.00. The Morgan fingerprint density at radius 1 is 1.47 bits per heavy atom. The Morgan fingerprint density at radius 3 is 2.40 bits per heavy atom. The molecule has 1 amide bonds. The van der Waals surface area contributed by atoms with Crippen molar-refractivity contribution in [1.82, 2.24) is 5.32 Å². The molecule has 2 N–H and O–H groups in total. The van der Waals surface area contributed by atoms with Crippen LogP contribution in [0.5, 0.6) is 0 Å². The van der Waals surface area contributed by atoms with E-state index in [0.29, 0.717) is 6.42 Å². The molecular formula is C11H21NO3. The molecule has 4 nitrogen and oxygen atoms in total. The predicted octanol–water partition coefficient (Wildman–Crippen LogP) is 1.84. The van der Waals surface area contributed by atoms with E-state index in [1.165, 1.54) is 0 Å². The highest BCUT2D eigenvalue weighted by molar-refractivity contribution is 5.67. The minimum Gasteiger partial charge on any atom is -0.444 e. The number of amides is 1. The van der Waals surface area contributed by atoms with Crippen molar-refractivity contribution in [3.05, 3.63) is 12.7 Å². The lowest BCUT2D eigenvalue weighted by Gasteiger charge is -2.24. The SMILES string of the molecule is C=CCC(C)(O)CNC(=O)OC(C)(C)C. The molecule has 0 aromatic carbocycles. The molecule has 0 aromatic rings. The third-order valence-corrected chi connectivity index (χ3v) is 1.60. The van der Waals surface area contributed by atoms with Gasteiger partial charge in [-0.05, 0) is 34.1 Å². The molecule has 0 bridgehead atoms. The average Bonchev–Trinajstić information content (AvgIpc) is 1.98. The monoisotopic (exact) mass is 215 g/mol. The van der Waals surface area contributed by atoms with Crippen LogP contribution in [0.2, 0.25) is 0 Å². The number of carbonyl (C=O) groups is 1. The molecular weight excluding hydrogens is 194 g/mol. The van der Waals surface area contributed by atoms with E-state index in [-0.39, 0.29) is 6.54 Å². The van der Waals surface area contributed by atoms with Gasteiger partial charge in [-0.15, -0.1) is 6.58 Å². The number of nitrogens with one attached hydrogen (secondary N) is 1. The summed E-state index contributed by atoms with van der Waals surface area (Å²) >= 11 is 0. The first-order chi connectivity index (χ1) is 6.66. The van der Waals surface area contributed by atoms with Gasteiger partial charge in [-0.2, -0.15) is 0 Å². The van der Waals surface area contributed by atoms with Gasteiger partial charge in [0.05, 0.1) is 5.60 Å². The zero-order valence-electron chi connectivity index (χ0n) is 9.96. The largest absolute Gasteiger partial charge is 0.444 e. The Hall–Kier alpha value is -1.03. The summed E-state index contributed by atoms with van der Waals surface area (Å²) in [5.74, 6) is 0. The molecule has 0 aliphatic heterocycles. The summed E-state index contributed by atoms with van der Waals surface area (Å²) in [6.07, 6.45) is 1.51. The first-order valence-electron chi connectivity index (χ1n) is 4.96. The van der Waals surface area contributed by atoms with Crippen molar-refractivity contribution in [3.8, 4) is 0 Å². The van der Waals surface area contributed by atoms with Gasteiger partial charge in [0, 0.05) is 6.54 Å². The molecule has 88 valence electrons. The second-order valence-corrected chi connectivity index (χ2v) is 4.85. The number of hydrogen-bond acceptors (Lipinski definition) is 3. The van der Waals surface area contributed by atoms with Gasteiger partial charge in [0.1, 0.15) is 5.60 Å². The Bertz CT molecular complexity index is 228. The number of hydrogen-bond donors (Lipinski definition) is 2. The highest BCUT2D eigenvalue weighted by Gasteiger charge is 2.21. The Labute approximate surface area is 91.3 Å². The van der Waals surface area contributed by atoms with Crippen LogP contribution in [0, 0.1) is 0 Å². The van der Waals surface area contributed by atoms with Crippen LogP contribution in [-0.2, 0) is 4.74 Å². The summed E-state index contributed by atoms with van der Waals surface area (Å²) in [7, 11) is 0. The number of rotatable bonds is 4. The summed E-state index contributed by atoms with van der Waals surface area (Å²) in [5, 5.41) is 12.2. The van der Waals surface area contributed by atoms with Crippen molar-refractivity contribution in [3.63, 3.8) is 0 Å². The minimum atomic E-state index is -0.974. The van der Waals surface area contributed by atoms with Crippen molar-refractivity contribution in [2.24, 2.45) is 0 Å². The van der Waals surface area contributed by atoms with Gasteiger partial charge >= 0.3 is 6.09 Å². The van der Waals surface area contributed by atoms with Crippen molar-refractivity contribution < 1.29 is 14.6 Å². The fourth-order valence-corrected chi connectivity index (χ4v) is 0.960. The van der Waals surface area contributed by atoms with Crippen LogP contribution >= 0.6 is 0 Å². The first kappa shape index (κ1) is 14.0. The van der Waals surface area contributed by atoms with Gasteiger partial charge in [-0.3, -0.25) is 0 Å². The molecule has 0 spiro atoms. The van der Waals surface area contributed by atoms with E-state index in [9.17, 15) is 9.90 Å². The van der Waals surface area contributed by atoms with Crippen molar-refractivity contribution in [2.75, 3.05) is 6.54 Å². The summed E-state index contributed by atoms with van der Waals surface area (Å²) in [4.78, 5) is 11.2. The Balaban J connectivity index is 3.95. The zero-order valence-corrected chi connectivity index (χ0v) is 9.96. The molecule has 0 aliphatic carbocycles. The van der Waals surface area contributed by atoms with Crippen molar-refractivity contribution >= 4 is 6.09 Å².